The van der Waals surface area contributed by atoms with Crippen LogP contribution in [0.15, 0.2) is 36.4 Å². The molecular weight excluding hydrogens is 289 g/mol. The number of fused-ring (bicyclic) bond motifs is 1. The number of hydrogen-bond acceptors (Lipinski definition) is 4. The van der Waals surface area contributed by atoms with Crippen molar-refractivity contribution in [2.24, 2.45) is 0 Å². The molecule has 2 aromatic rings. The van der Waals surface area contributed by atoms with Gasteiger partial charge in [0.25, 0.3) is 5.91 Å². The van der Waals surface area contributed by atoms with Crippen LogP contribution in [0.5, 0.6) is 11.5 Å². The molecule has 0 saturated heterocycles. The zero-order chi connectivity index (χ0) is 15.7. The number of hydrogen-bond donors (Lipinski definition) is 1. The van der Waals surface area contributed by atoms with Gasteiger partial charge in [0.2, 0.25) is 6.79 Å². The van der Waals surface area contributed by atoms with E-state index in [1.54, 1.807) is 12.1 Å². The topological polar surface area (TPSA) is 64.6 Å². The lowest BCUT2D eigenvalue weighted by Gasteiger charge is -2.11. The lowest BCUT2D eigenvalue weighted by molar-refractivity contribution is 0.101. The minimum atomic E-state index is -0.639. The van der Waals surface area contributed by atoms with Gasteiger partial charge in [-0.1, -0.05) is 12.1 Å². The SMILES string of the molecule is CC(=O)c1c(NC(=O)c2ccccc2F)ccc2c1OCO2. The highest BCUT2D eigenvalue weighted by Gasteiger charge is 2.25. The second kappa shape index (κ2) is 5.48. The first-order chi connectivity index (χ1) is 10.6. The fourth-order valence-electron chi connectivity index (χ4n) is 2.26. The Kier molecular flexibility index (Phi) is 3.50. The summed E-state index contributed by atoms with van der Waals surface area (Å²) in [6.45, 7) is 1.37. The van der Waals surface area contributed by atoms with E-state index in [0.29, 0.717) is 11.5 Å². The summed E-state index contributed by atoms with van der Waals surface area (Å²) >= 11 is 0. The van der Waals surface area contributed by atoms with Crippen molar-refractivity contribution in [2.45, 2.75) is 6.92 Å². The molecule has 0 radical (unpaired) electrons. The maximum atomic E-state index is 13.6. The monoisotopic (exact) mass is 301 g/mol. The van der Waals surface area contributed by atoms with Gasteiger partial charge in [0, 0.05) is 0 Å². The first-order valence-electron chi connectivity index (χ1n) is 6.57. The molecule has 0 fully saturated rings. The molecule has 0 unspecified atom stereocenters. The molecule has 3 rings (SSSR count). The number of Topliss-reactive ketones (excluding diaryl/α,β-unsaturated/α-hetero) is 1. The second-order valence-electron chi connectivity index (χ2n) is 4.71. The summed E-state index contributed by atoms with van der Waals surface area (Å²) in [6.07, 6.45) is 0. The fourth-order valence-corrected chi connectivity index (χ4v) is 2.26. The molecule has 5 nitrogen and oxygen atoms in total. The van der Waals surface area contributed by atoms with Gasteiger partial charge in [-0.25, -0.2) is 4.39 Å². The van der Waals surface area contributed by atoms with Gasteiger partial charge in [-0.15, -0.1) is 0 Å². The Morgan fingerprint density at radius 2 is 1.91 bits per heavy atom. The van der Waals surface area contributed by atoms with E-state index >= 15 is 0 Å². The zero-order valence-corrected chi connectivity index (χ0v) is 11.7. The standard InChI is InChI=1S/C16H12FNO4/c1-9(19)14-12(6-7-13-15(14)22-8-21-13)18-16(20)10-4-2-3-5-11(10)17/h2-7H,8H2,1H3,(H,18,20). The number of nitrogens with one attached hydrogen (secondary N) is 1. The van der Waals surface area contributed by atoms with Crippen molar-refractivity contribution in [3.8, 4) is 11.5 Å². The first-order valence-corrected chi connectivity index (χ1v) is 6.57. The molecule has 0 saturated carbocycles. The van der Waals surface area contributed by atoms with Crippen molar-refractivity contribution in [1.82, 2.24) is 0 Å². The van der Waals surface area contributed by atoms with Crippen molar-refractivity contribution in [2.75, 3.05) is 12.1 Å². The van der Waals surface area contributed by atoms with Crippen LogP contribution in [0.25, 0.3) is 0 Å². The summed E-state index contributed by atoms with van der Waals surface area (Å²) in [5.74, 6) is -0.830. The average molecular weight is 301 g/mol. The number of ether oxygens (including phenoxy) is 2. The van der Waals surface area contributed by atoms with E-state index in [1.807, 2.05) is 0 Å². The Labute approximate surface area is 125 Å². The van der Waals surface area contributed by atoms with Crippen LogP contribution >= 0.6 is 0 Å². The third kappa shape index (κ3) is 2.39. The Morgan fingerprint density at radius 3 is 2.64 bits per heavy atom. The number of anilines is 1. The highest BCUT2D eigenvalue weighted by Crippen LogP contribution is 2.40. The van der Waals surface area contributed by atoms with Crippen LogP contribution in [-0.2, 0) is 0 Å². The third-order valence-electron chi connectivity index (χ3n) is 3.26. The predicted octanol–water partition coefficient (Wildman–Crippen LogP) is 3.01. The number of amides is 1. The van der Waals surface area contributed by atoms with Gasteiger partial charge in [0.15, 0.2) is 17.3 Å². The minimum Gasteiger partial charge on any atom is -0.454 e. The van der Waals surface area contributed by atoms with Gasteiger partial charge in [-0.2, -0.15) is 0 Å². The Bertz CT molecular complexity index is 773. The smallest absolute Gasteiger partial charge is 0.258 e. The fraction of sp³-hybridized carbons (Fsp3) is 0.125. The minimum absolute atomic E-state index is 0.0142. The van der Waals surface area contributed by atoms with Crippen LogP contribution in [0.4, 0.5) is 10.1 Å². The molecule has 1 amide bonds. The molecule has 2 aromatic carbocycles. The van der Waals surface area contributed by atoms with Crippen molar-refractivity contribution in [1.29, 1.82) is 0 Å². The molecule has 22 heavy (non-hydrogen) atoms. The Morgan fingerprint density at radius 1 is 1.14 bits per heavy atom. The first kappa shape index (κ1) is 14.1. The van der Waals surface area contributed by atoms with E-state index in [4.69, 9.17) is 9.47 Å². The molecule has 1 N–H and O–H groups in total. The summed E-state index contributed by atoms with van der Waals surface area (Å²) in [5, 5.41) is 2.54. The maximum Gasteiger partial charge on any atom is 0.258 e. The van der Waals surface area contributed by atoms with Gasteiger partial charge in [0.1, 0.15) is 5.82 Å². The van der Waals surface area contributed by atoms with Crippen LogP contribution in [-0.4, -0.2) is 18.5 Å². The summed E-state index contributed by atoms with van der Waals surface area (Å²) in [6, 6.07) is 8.73. The molecule has 1 aliphatic heterocycles. The number of halogens is 1. The van der Waals surface area contributed by atoms with Crippen molar-refractivity contribution >= 4 is 17.4 Å². The number of carbonyl (C=O) groups excluding carboxylic acids is 2. The van der Waals surface area contributed by atoms with E-state index in [2.05, 4.69) is 5.32 Å². The largest absolute Gasteiger partial charge is 0.454 e. The van der Waals surface area contributed by atoms with Crippen LogP contribution in [0.1, 0.15) is 27.6 Å². The molecule has 112 valence electrons. The Balaban J connectivity index is 1.98. The molecule has 0 atom stereocenters. The summed E-state index contributed by atoms with van der Waals surface area (Å²) in [5.41, 5.74) is 0.361. The predicted molar refractivity (Wildman–Crippen MR) is 76.9 cm³/mol. The normalized spacial score (nSPS) is 12.1. The van der Waals surface area contributed by atoms with Crippen LogP contribution < -0.4 is 14.8 Å². The summed E-state index contributed by atoms with van der Waals surface area (Å²) < 4.78 is 24.1. The molecule has 0 aromatic heterocycles. The highest BCUT2D eigenvalue weighted by molar-refractivity contribution is 6.10. The summed E-state index contributed by atoms with van der Waals surface area (Å²) in [4.78, 5) is 24.0. The molecule has 1 heterocycles. The second-order valence-corrected chi connectivity index (χ2v) is 4.71. The lowest BCUT2D eigenvalue weighted by Crippen LogP contribution is -2.16. The number of carbonyl (C=O) groups is 2. The van der Waals surface area contributed by atoms with Crippen molar-refractivity contribution < 1.29 is 23.5 Å². The van der Waals surface area contributed by atoms with E-state index < -0.39 is 11.7 Å². The van der Waals surface area contributed by atoms with Gasteiger partial charge >= 0.3 is 0 Å². The third-order valence-corrected chi connectivity index (χ3v) is 3.26. The van der Waals surface area contributed by atoms with E-state index in [0.717, 1.165) is 0 Å². The van der Waals surface area contributed by atoms with Gasteiger partial charge < -0.3 is 14.8 Å². The molecule has 6 heteroatoms. The molecule has 0 spiro atoms. The van der Waals surface area contributed by atoms with Crippen molar-refractivity contribution in [3.63, 3.8) is 0 Å². The quantitative estimate of drug-likeness (QED) is 0.885. The van der Waals surface area contributed by atoms with Gasteiger partial charge in [0.05, 0.1) is 16.8 Å². The van der Waals surface area contributed by atoms with E-state index in [-0.39, 0.29) is 29.4 Å². The lowest BCUT2D eigenvalue weighted by atomic mass is 10.1. The maximum absolute atomic E-state index is 13.6. The Hall–Kier alpha value is -2.89. The van der Waals surface area contributed by atoms with Crippen LogP contribution in [0.2, 0.25) is 0 Å². The van der Waals surface area contributed by atoms with Crippen molar-refractivity contribution in [3.05, 3.63) is 53.3 Å². The van der Waals surface area contributed by atoms with Gasteiger partial charge in [-0.05, 0) is 31.2 Å². The van der Waals surface area contributed by atoms with E-state index in [1.165, 1.54) is 31.2 Å². The molecule has 0 aliphatic carbocycles. The number of benzene rings is 2. The highest BCUT2D eigenvalue weighted by atomic mass is 19.1. The molecule has 1 aliphatic rings. The van der Waals surface area contributed by atoms with Gasteiger partial charge in [-0.3, -0.25) is 9.59 Å². The van der Waals surface area contributed by atoms with Crippen LogP contribution in [0, 0.1) is 5.82 Å². The average Bonchev–Trinajstić information content (AvgIpc) is 2.95. The molecular formula is C16H12FNO4. The summed E-state index contributed by atoms with van der Waals surface area (Å²) in [7, 11) is 0. The van der Waals surface area contributed by atoms with Crippen LogP contribution in [0.3, 0.4) is 0 Å². The number of rotatable bonds is 3. The number of ketones is 1. The molecule has 0 bridgehead atoms. The van der Waals surface area contributed by atoms with E-state index in [9.17, 15) is 14.0 Å². The zero-order valence-electron chi connectivity index (χ0n) is 11.7.